The second kappa shape index (κ2) is 11.7. The molecular weight excluding hydrogens is 545 g/mol. The van der Waals surface area contributed by atoms with Crippen LogP contribution in [-0.2, 0) is 28.5 Å². The van der Waals surface area contributed by atoms with Crippen molar-refractivity contribution in [3.63, 3.8) is 0 Å². The highest BCUT2D eigenvalue weighted by molar-refractivity contribution is 14.1. The summed E-state index contributed by atoms with van der Waals surface area (Å²) in [5.74, 6) is 0.406. The van der Waals surface area contributed by atoms with E-state index in [-0.39, 0.29) is 12.4 Å². The molecule has 1 aromatic rings. The molecule has 0 radical (unpaired) electrons. The quantitative estimate of drug-likeness (QED) is 0.214. The normalized spacial score (nSPS) is 22.6. The van der Waals surface area contributed by atoms with Gasteiger partial charge in [-0.05, 0) is 35.3 Å². The van der Waals surface area contributed by atoms with Gasteiger partial charge in [-0.3, -0.25) is 19.5 Å². The van der Waals surface area contributed by atoms with Crippen molar-refractivity contribution in [2.45, 2.75) is 52.2 Å². The van der Waals surface area contributed by atoms with Crippen molar-refractivity contribution in [3.8, 4) is 0 Å². The summed E-state index contributed by atoms with van der Waals surface area (Å²) in [7, 11) is 0. The molecule has 4 atom stereocenters. The lowest BCUT2D eigenvalue weighted by molar-refractivity contribution is -0.165. The van der Waals surface area contributed by atoms with E-state index in [9.17, 15) is 19.2 Å². The first-order chi connectivity index (χ1) is 14.6. The summed E-state index contributed by atoms with van der Waals surface area (Å²) < 4.78 is 22.9. The minimum atomic E-state index is -1.07. The minimum absolute atomic E-state index is 0.0293. The van der Waals surface area contributed by atoms with E-state index in [1.165, 1.54) is 20.0 Å². The fourth-order valence-corrected chi connectivity index (χ4v) is 3.93. The van der Waals surface area contributed by atoms with Gasteiger partial charge in [0.25, 0.3) is 0 Å². The summed E-state index contributed by atoms with van der Waals surface area (Å²) in [6.07, 6.45) is -2.97. The number of nitrogens with zero attached hydrogens (tertiary/aromatic N) is 2. The highest BCUT2D eigenvalue weighted by Gasteiger charge is 2.48. The van der Waals surface area contributed by atoms with E-state index in [2.05, 4.69) is 10.3 Å². The molecule has 2 heterocycles. The smallest absolute Gasteiger partial charge is 0.412 e. The Bertz CT molecular complexity index is 880. The summed E-state index contributed by atoms with van der Waals surface area (Å²) in [5, 5.41) is 2.43. The SMILES string of the molecule is CCSCCOC(=O)Nc1nc(=O)n([C@@H]2O[C@H](C)C(OC(C)=O)C2OC(C)=O)cc1I. The number of anilines is 1. The molecule has 1 aliphatic rings. The molecule has 11 nitrogen and oxygen atoms in total. The number of hydrogen-bond acceptors (Lipinski definition) is 10. The van der Waals surface area contributed by atoms with Crippen LogP contribution in [0.2, 0.25) is 0 Å². The van der Waals surface area contributed by atoms with Gasteiger partial charge in [0.1, 0.15) is 6.61 Å². The van der Waals surface area contributed by atoms with E-state index in [0.717, 1.165) is 10.3 Å². The van der Waals surface area contributed by atoms with Crippen LogP contribution in [0.15, 0.2) is 11.0 Å². The van der Waals surface area contributed by atoms with Crippen LogP contribution in [0.25, 0.3) is 0 Å². The molecule has 1 amide bonds. The van der Waals surface area contributed by atoms with Crippen LogP contribution in [0.1, 0.15) is 33.9 Å². The van der Waals surface area contributed by atoms with Crippen LogP contribution >= 0.6 is 34.4 Å². The molecule has 0 saturated carbocycles. The molecule has 13 heteroatoms. The fraction of sp³-hybridized carbons (Fsp3) is 0.611. The molecule has 1 fully saturated rings. The van der Waals surface area contributed by atoms with Gasteiger partial charge < -0.3 is 18.9 Å². The molecule has 31 heavy (non-hydrogen) atoms. The first-order valence-corrected chi connectivity index (χ1v) is 11.7. The van der Waals surface area contributed by atoms with E-state index in [1.54, 1.807) is 18.7 Å². The van der Waals surface area contributed by atoms with Crippen molar-refractivity contribution in [2.75, 3.05) is 23.4 Å². The van der Waals surface area contributed by atoms with Crippen LogP contribution in [-0.4, -0.2) is 64.0 Å². The molecule has 2 rings (SSSR count). The van der Waals surface area contributed by atoms with Gasteiger partial charge in [-0.15, -0.1) is 0 Å². The molecular formula is C18H24IN3O8S. The monoisotopic (exact) mass is 569 g/mol. The molecule has 172 valence electrons. The molecule has 0 aromatic carbocycles. The summed E-state index contributed by atoms with van der Waals surface area (Å²) in [6, 6.07) is 0. The second-order valence-electron chi connectivity index (χ2n) is 6.46. The number of halogens is 1. The first kappa shape index (κ1) is 25.4. The maximum absolute atomic E-state index is 12.7. The van der Waals surface area contributed by atoms with Gasteiger partial charge >= 0.3 is 23.7 Å². The molecule has 1 aromatic heterocycles. The molecule has 0 spiro atoms. The zero-order valence-electron chi connectivity index (χ0n) is 17.5. The molecule has 1 aliphatic heterocycles. The largest absolute Gasteiger partial charge is 0.456 e. The third-order valence-corrected chi connectivity index (χ3v) is 5.75. The number of aromatic nitrogens is 2. The maximum Gasteiger partial charge on any atom is 0.412 e. The van der Waals surface area contributed by atoms with Gasteiger partial charge in [-0.25, -0.2) is 9.59 Å². The number of ether oxygens (including phenoxy) is 4. The molecule has 1 saturated heterocycles. The van der Waals surface area contributed by atoms with Gasteiger partial charge in [-0.2, -0.15) is 16.7 Å². The second-order valence-corrected chi connectivity index (χ2v) is 9.02. The lowest BCUT2D eigenvalue weighted by atomic mass is 10.1. The van der Waals surface area contributed by atoms with Gasteiger partial charge in [0.15, 0.2) is 24.3 Å². The Kier molecular flexibility index (Phi) is 9.55. The zero-order valence-corrected chi connectivity index (χ0v) is 20.4. The highest BCUT2D eigenvalue weighted by atomic mass is 127. The Morgan fingerprint density at radius 2 is 1.90 bits per heavy atom. The average molecular weight is 569 g/mol. The number of thioether (sulfide) groups is 1. The summed E-state index contributed by atoms with van der Waals surface area (Å²) in [4.78, 5) is 51.5. The van der Waals surface area contributed by atoms with Gasteiger partial charge in [0, 0.05) is 25.8 Å². The molecule has 0 bridgehead atoms. The number of esters is 2. The fourth-order valence-electron chi connectivity index (χ4n) is 2.89. The molecule has 1 N–H and O–H groups in total. The predicted molar refractivity (Wildman–Crippen MR) is 120 cm³/mol. The Balaban J connectivity index is 2.22. The number of carbonyl (C=O) groups excluding carboxylic acids is 3. The third-order valence-electron chi connectivity index (χ3n) is 4.09. The van der Waals surface area contributed by atoms with E-state index in [4.69, 9.17) is 18.9 Å². The zero-order chi connectivity index (χ0) is 23.1. The van der Waals surface area contributed by atoms with Crippen molar-refractivity contribution < 1.29 is 33.3 Å². The predicted octanol–water partition coefficient (Wildman–Crippen LogP) is 1.93. The van der Waals surface area contributed by atoms with E-state index in [1.807, 2.05) is 29.5 Å². The number of amides is 1. The molecule has 0 aliphatic carbocycles. The van der Waals surface area contributed by atoms with Crippen LogP contribution in [0.5, 0.6) is 0 Å². The van der Waals surface area contributed by atoms with Crippen LogP contribution in [0.3, 0.4) is 0 Å². The first-order valence-electron chi connectivity index (χ1n) is 9.44. The van der Waals surface area contributed by atoms with Crippen LogP contribution < -0.4 is 11.0 Å². The Hall–Kier alpha value is -1.87. The van der Waals surface area contributed by atoms with Crippen molar-refractivity contribution in [3.05, 3.63) is 20.3 Å². The van der Waals surface area contributed by atoms with E-state index >= 15 is 0 Å². The number of rotatable bonds is 8. The summed E-state index contributed by atoms with van der Waals surface area (Å²) in [5.41, 5.74) is -0.755. The van der Waals surface area contributed by atoms with Crippen LogP contribution in [0, 0.1) is 3.57 Å². The van der Waals surface area contributed by atoms with E-state index < -0.39 is 48.3 Å². The standard InChI is InChI=1S/C18H24IN3O8S/c1-5-31-7-6-27-18(26)21-15-12(19)8-22(17(25)20-15)16-14(30-11(4)24)13(9(2)28-16)29-10(3)23/h8-9,13-14,16H,5-7H2,1-4H3,(H,20,21,25,26)/t9-,13?,14?,16-/m1/s1. The average Bonchev–Trinajstić information content (AvgIpc) is 2.96. The maximum atomic E-state index is 12.7. The molecule has 2 unspecified atom stereocenters. The lowest BCUT2D eigenvalue weighted by Crippen LogP contribution is -2.40. The van der Waals surface area contributed by atoms with Gasteiger partial charge in [-0.1, -0.05) is 6.92 Å². The Morgan fingerprint density at radius 1 is 1.26 bits per heavy atom. The minimum Gasteiger partial charge on any atom is -0.456 e. The van der Waals surface area contributed by atoms with Crippen molar-refractivity contribution in [2.24, 2.45) is 0 Å². The van der Waals surface area contributed by atoms with Gasteiger partial charge in [0.05, 0.1) is 9.67 Å². The Morgan fingerprint density at radius 3 is 2.52 bits per heavy atom. The number of hydrogen-bond donors (Lipinski definition) is 1. The van der Waals surface area contributed by atoms with Crippen LogP contribution in [0.4, 0.5) is 10.6 Å². The lowest BCUT2D eigenvalue weighted by Gasteiger charge is -2.23. The third kappa shape index (κ3) is 7.07. The van der Waals surface area contributed by atoms with Crippen molar-refractivity contribution >= 4 is 58.2 Å². The Labute approximate surface area is 196 Å². The van der Waals surface area contributed by atoms with Crippen molar-refractivity contribution in [1.82, 2.24) is 9.55 Å². The van der Waals surface area contributed by atoms with Crippen molar-refractivity contribution in [1.29, 1.82) is 0 Å². The number of nitrogens with one attached hydrogen (secondary N) is 1. The topological polar surface area (TPSA) is 135 Å². The van der Waals surface area contributed by atoms with E-state index in [0.29, 0.717) is 9.32 Å². The summed E-state index contributed by atoms with van der Waals surface area (Å²) in [6.45, 7) is 6.29. The summed E-state index contributed by atoms with van der Waals surface area (Å²) >= 11 is 3.52. The number of carbonyl (C=O) groups is 3. The van der Waals surface area contributed by atoms with Gasteiger partial charge in [0.2, 0.25) is 0 Å². The highest BCUT2D eigenvalue weighted by Crippen LogP contribution is 2.33.